The van der Waals surface area contributed by atoms with Crippen molar-refractivity contribution in [1.82, 2.24) is 24.6 Å². The van der Waals surface area contributed by atoms with Crippen molar-refractivity contribution in [3.8, 4) is 0 Å². The summed E-state index contributed by atoms with van der Waals surface area (Å²) in [6, 6.07) is 5.27. The van der Waals surface area contributed by atoms with E-state index in [0.717, 1.165) is 61.6 Å². The fourth-order valence-corrected chi connectivity index (χ4v) is 6.16. The summed E-state index contributed by atoms with van der Waals surface area (Å²) in [6.07, 6.45) is 4.03. The molecule has 3 aromatic rings. The summed E-state index contributed by atoms with van der Waals surface area (Å²) in [5, 5.41) is 10.9. The number of hydrogen-bond acceptors (Lipinski definition) is 7. The molecule has 2 aromatic heterocycles. The lowest BCUT2D eigenvalue weighted by atomic mass is 9.80. The number of nitrogens with two attached hydrogens (primary N) is 1. The van der Waals surface area contributed by atoms with Gasteiger partial charge in [-0.3, -0.25) is 0 Å². The van der Waals surface area contributed by atoms with Crippen LogP contribution in [0.1, 0.15) is 24.1 Å². The van der Waals surface area contributed by atoms with Crippen molar-refractivity contribution in [2.24, 2.45) is 17.0 Å². The molecule has 1 aromatic carbocycles. The van der Waals surface area contributed by atoms with Gasteiger partial charge in [0.2, 0.25) is 10.0 Å². The van der Waals surface area contributed by atoms with Crippen molar-refractivity contribution in [3.63, 3.8) is 0 Å². The Bertz CT molecular complexity index is 1420. The molecule has 0 spiro atoms. The van der Waals surface area contributed by atoms with E-state index in [1.807, 2.05) is 13.0 Å². The van der Waals surface area contributed by atoms with Crippen molar-refractivity contribution < 1.29 is 8.42 Å². The van der Waals surface area contributed by atoms with Crippen LogP contribution in [0.25, 0.3) is 16.9 Å². The molecule has 0 radical (unpaired) electrons. The Balaban J connectivity index is 1.30. The minimum atomic E-state index is -3.44. The molecule has 2 N–H and O–H groups in total. The molecule has 0 bridgehead atoms. The Morgan fingerprint density at radius 3 is 2.72 bits per heavy atom. The second-order valence-electron chi connectivity index (χ2n) is 9.70. The van der Waals surface area contributed by atoms with E-state index < -0.39 is 10.0 Å². The molecule has 2 fully saturated rings. The highest BCUT2D eigenvalue weighted by molar-refractivity contribution is 7.89. The first kappa shape index (κ1) is 25.4. The lowest BCUT2D eigenvalue weighted by Gasteiger charge is -2.47. The quantitative estimate of drug-likeness (QED) is 0.480. The molecule has 5 rings (SSSR count). The number of halogens is 2. The third-order valence-electron chi connectivity index (χ3n) is 7.17. The zero-order valence-electron chi connectivity index (χ0n) is 20.1. The summed E-state index contributed by atoms with van der Waals surface area (Å²) < 4.78 is 24.4. The third-order valence-corrected chi connectivity index (χ3v) is 8.47. The van der Waals surface area contributed by atoms with E-state index in [-0.39, 0.29) is 5.75 Å². The predicted octanol–water partition coefficient (Wildman–Crippen LogP) is 3.40. The van der Waals surface area contributed by atoms with E-state index in [9.17, 15) is 8.42 Å². The van der Waals surface area contributed by atoms with Crippen molar-refractivity contribution in [1.29, 1.82) is 0 Å². The fourth-order valence-electron chi connectivity index (χ4n) is 5.13. The molecule has 2 aliphatic rings. The van der Waals surface area contributed by atoms with Gasteiger partial charge in [-0.25, -0.2) is 28.2 Å². The summed E-state index contributed by atoms with van der Waals surface area (Å²) >= 11 is 12.5. The van der Waals surface area contributed by atoms with Crippen molar-refractivity contribution in [2.75, 3.05) is 43.4 Å². The summed E-state index contributed by atoms with van der Waals surface area (Å²) in [5.41, 5.74) is 3.45. The number of likely N-dealkylation sites (tertiary alicyclic amines) is 1. The molecule has 4 heterocycles. The molecular formula is C24H29Cl2N7O2S. The molecule has 2 aliphatic heterocycles. The van der Waals surface area contributed by atoms with Crippen molar-refractivity contribution in [2.45, 2.75) is 19.8 Å². The van der Waals surface area contributed by atoms with Crippen LogP contribution >= 0.6 is 23.2 Å². The molecule has 9 nitrogen and oxygen atoms in total. The average molecular weight is 551 g/mol. The smallest absolute Gasteiger partial charge is 0.210 e. The largest absolute Gasteiger partial charge is 0.355 e. The SMILES string of the molecule is C=C(c1ccc(Cl)cc1Cl)n1nc(C)c2ncc(N3CC([C@H]4CCCN(CCS(N)(=O)=O)C4)C3)nc21. The Morgan fingerprint density at radius 1 is 1.22 bits per heavy atom. The third kappa shape index (κ3) is 5.24. The maximum absolute atomic E-state index is 11.3. The van der Waals surface area contributed by atoms with Crippen LogP contribution in [0.15, 0.2) is 31.0 Å². The Kier molecular flexibility index (Phi) is 6.99. The number of benzene rings is 1. The number of nitrogens with zero attached hydrogens (tertiary/aromatic N) is 6. The van der Waals surface area contributed by atoms with Gasteiger partial charge in [0, 0.05) is 36.8 Å². The van der Waals surface area contributed by atoms with Gasteiger partial charge in [-0.05, 0) is 56.3 Å². The zero-order chi connectivity index (χ0) is 25.6. The van der Waals surface area contributed by atoms with Gasteiger partial charge in [-0.1, -0.05) is 29.8 Å². The second-order valence-corrected chi connectivity index (χ2v) is 12.3. The summed E-state index contributed by atoms with van der Waals surface area (Å²) in [5.74, 6) is 1.88. The first-order valence-corrected chi connectivity index (χ1v) is 14.4. The number of rotatable bonds is 7. The van der Waals surface area contributed by atoms with Crippen LogP contribution in [-0.4, -0.2) is 71.5 Å². The van der Waals surface area contributed by atoms with E-state index in [1.165, 1.54) is 0 Å². The predicted molar refractivity (Wildman–Crippen MR) is 144 cm³/mol. The zero-order valence-corrected chi connectivity index (χ0v) is 22.4. The molecule has 12 heteroatoms. The normalized spacial score (nSPS) is 19.6. The monoisotopic (exact) mass is 549 g/mol. The van der Waals surface area contributed by atoms with E-state index >= 15 is 0 Å². The van der Waals surface area contributed by atoms with Crippen molar-refractivity contribution >= 4 is 55.9 Å². The van der Waals surface area contributed by atoms with Crippen LogP contribution in [-0.2, 0) is 10.0 Å². The molecule has 0 unspecified atom stereocenters. The molecule has 36 heavy (non-hydrogen) atoms. The lowest BCUT2D eigenvalue weighted by molar-refractivity contribution is 0.125. The highest BCUT2D eigenvalue weighted by atomic mass is 35.5. The molecule has 0 saturated carbocycles. The number of hydrogen-bond donors (Lipinski definition) is 1. The topological polar surface area (TPSA) is 110 Å². The second kappa shape index (κ2) is 9.90. The van der Waals surface area contributed by atoms with Crippen LogP contribution in [0.2, 0.25) is 10.0 Å². The number of aryl methyl sites for hydroxylation is 1. The molecule has 0 amide bonds. The fraction of sp³-hybridized carbons (Fsp3) is 0.458. The Hall–Kier alpha value is -2.24. The van der Waals surface area contributed by atoms with Gasteiger partial charge in [-0.2, -0.15) is 5.10 Å². The van der Waals surface area contributed by atoms with Crippen LogP contribution in [0, 0.1) is 18.8 Å². The van der Waals surface area contributed by atoms with E-state index in [1.54, 1.807) is 23.0 Å². The van der Waals surface area contributed by atoms with E-state index in [4.69, 9.17) is 33.3 Å². The number of sulfonamides is 1. The van der Waals surface area contributed by atoms with Crippen LogP contribution in [0.3, 0.4) is 0 Å². The summed E-state index contributed by atoms with van der Waals surface area (Å²) in [4.78, 5) is 14.0. The van der Waals surface area contributed by atoms with Gasteiger partial charge >= 0.3 is 0 Å². The molecule has 0 aliphatic carbocycles. The lowest BCUT2D eigenvalue weighted by Crippen LogP contribution is -2.54. The number of anilines is 1. The Morgan fingerprint density at radius 2 is 2.00 bits per heavy atom. The van der Waals surface area contributed by atoms with E-state index in [0.29, 0.717) is 39.8 Å². The molecular weight excluding hydrogens is 521 g/mol. The minimum Gasteiger partial charge on any atom is -0.355 e. The first-order valence-electron chi connectivity index (χ1n) is 11.9. The van der Waals surface area contributed by atoms with Gasteiger partial charge in [0.1, 0.15) is 11.3 Å². The summed E-state index contributed by atoms with van der Waals surface area (Å²) in [7, 11) is -3.44. The molecule has 2 saturated heterocycles. The number of fused-ring (bicyclic) bond motifs is 1. The van der Waals surface area contributed by atoms with E-state index in [2.05, 4.69) is 26.5 Å². The molecule has 1 atom stereocenters. The van der Waals surface area contributed by atoms with Gasteiger partial charge in [0.15, 0.2) is 5.65 Å². The summed E-state index contributed by atoms with van der Waals surface area (Å²) in [6.45, 7) is 10.2. The average Bonchev–Trinajstić information content (AvgIpc) is 3.12. The van der Waals surface area contributed by atoms with Gasteiger partial charge in [0.05, 0.1) is 28.4 Å². The minimum absolute atomic E-state index is 0.00569. The van der Waals surface area contributed by atoms with Crippen LogP contribution in [0.5, 0.6) is 0 Å². The van der Waals surface area contributed by atoms with Gasteiger partial charge < -0.3 is 9.80 Å². The Labute approximate surface area is 220 Å². The van der Waals surface area contributed by atoms with Crippen molar-refractivity contribution in [3.05, 3.63) is 52.3 Å². The van der Waals surface area contributed by atoms with Crippen LogP contribution in [0.4, 0.5) is 5.82 Å². The number of piperidine rings is 1. The number of primary sulfonamides is 1. The maximum atomic E-state index is 11.3. The highest BCUT2D eigenvalue weighted by Gasteiger charge is 2.36. The first-order chi connectivity index (χ1) is 17.1. The maximum Gasteiger partial charge on any atom is 0.210 e. The van der Waals surface area contributed by atoms with Crippen LogP contribution < -0.4 is 10.0 Å². The standard InChI is InChI=1S/C24H29Cl2N7O2S/c1-15-23-24(33(30-15)16(2)20-6-5-19(25)10-21(20)26)29-22(11-28-23)32-13-18(14-32)17-4-3-7-31(12-17)8-9-36(27,34)35/h5-6,10-11,17-18H,2-4,7-9,12-14H2,1H3,(H2,27,34,35)/t17-/m0/s1. The van der Waals surface area contributed by atoms with Gasteiger partial charge in [0.25, 0.3) is 0 Å². The van der Waals surface area contributed by atoms with Gasteiger partial charge in [-0.15, -0.1) is 0 Å². The number of aromatic nitrogens is 4. The molecule has 192 valence electrons. The highest BCUT2D eigenvalue weighted by Crippen LogP contribution is 2.34.